The van der Waals surface area contributed by atoms with Crippen LogP contribution in [-0.4, -0.2) is 19.1 Å². The molecule has 0 aromatic heterocycles. The maximum absolute atomic E-state index is 5.58. The van der Waals surface area contributed by atoms with Crippen LogP contribution >= 0.6 is 0 Å². The van der Waals surface area contributed by atoms with Crippen LogP contribution in [0.25, 0.3) is 0 Å². The highest BCUT2D eigenvalue weighted by Gasteiger charge is 2.11. The Morgan fingerprint density at radius 2 is 1.71 bits per heavy atom. The van der Waals surface area contributed by atoms with Crippen LogP contribution in [-0.2, 0) is 0 Å². The summed E-state index contributed by atoms with van der Waals surface area (Å²) in [7, 11) is 0. The lowest BCUT2D eigenvalue weighted by Crippen LogP contribution is -2.36. The van der Waals surface area contributed by atoms with Gasteiger partial charge in [0.1, 0.15) is 0 Å². The van der Waals surface area contributed by atoms with Gasteiger partial charge >= 0.3 is 0 Å². The van der Waals surface area contributed by atoms with Crippen LogP contribution in [0.1, 0.15) is 51.9 Å². The summed E-state index contributed by atoms with van der Waals surface area (Å²) in [5.74, 6) is 0.907. The molecule has 1 fully saturated rings. The van der Waals surface area contributed by atoms with Gasteiger partial charge in [-0.2, -0.15) is 0 Å². The average Bonchev–Trinajstić information content (AvgIpc) is 2.15. The van der Waals surface area contributed by atoms with Crippen LogP contribution in [0.5, 0.6) is 0 Å². The van der Waals surface area contributed by atoms with E-state index in [0.717, 1.165) is 12.5 Å². The molecule has 2 nitrogen and oxygen atoms in total. The smallest absolute Gasteiger partial charge is 0.0162 e. The standard InChI is InChI=1S/C12H26N2/c1-11(9-13)14-10-12-7-5-3-2-4-6-8-12/h11-12,14H,2-10,13H2,1H3. The van der Waals surface area contributed by atoms with Crippen LogP contribution in [0.15, 0.2) is 0 Å². The van der Waals surface area contributed by atoms with E-state index < -0.39 is 0 Å². The summed E-state index contributed by atoms with van der Waals surface area (Å²) in [6.07, 6.45) is 10.1. The summed E-state index contributed by atoms with van der Waals surface area (Å²) >= 11 is 0. The lowest BCUT2D eigenvalue weighted by molar-refractivity contribution is 0.349. The van der Waals surface area contributed by atoms with E-state index >= 15 is 0 Å². The Labute approximate surface area is 88.6 Å². The monoisotopic (exact) mass is 198 g/mol. The van der Waals surface area contributed by atoms with Crippen LogP contribution in [0.2, 0.25) is 0 Å². The summed E-state index contributed by atoms with van der Waals surface area (Å²) in [5.41, 5.74) is 5.58. The normalized spacial score (nSPS) is 22.7. The summed E-state index contributed by atoms with van der Waals surface area (Å²) in [6, 6.07) is 0.487. The van der Waals surface area contributed by atoms with Gasteiger partial charge in [0, 0.05) is 12.6 Å². The molecule has 0 heterocycles. The third-order valence-corrected chi connectivity index (χ3v) is 3.33. The SMILES string of the molecule is CC(CN)NCC1CCCCCCC1. The molecular formula is C12H26N2. The minimum atomic E-state index is 0.487. The molecule has 1 unspecified atom stereocenters. The highest BCUT2D eigenvalue weighted by atomic mass is 14.9. The summed E-state index contributed by atoms with van der Waals surface area (Å²) in [4.78, 5) is 0. The molecule has 0 bridgehead atoms. The Hall–Kier alpha value is -0.0800. The van der Waals surface area contributed by atoms with Crippen molar-refractivity contribution in [2.75, 3.05) is 13.1 Å². The zero-order chi connectivity index (χ0) is 10.2. The molecule has 0 aliphatic heterocycles. The van der Waals surface area contributed by atoms with Gasteiger partial charge in [-0.15, -0.1) is 0 Å². The largest absolute Gasteiger partial charge is 0.329 e. The molecule has 0 amide bonds. The fourth-order valence-electron chi connectivity index (χ4n) is 2.20. The van der Waals surface area contributed by atoms with Gasteiger partial charge in [-0.25, -0.2) is 0 Å². The highest BCUT2D eigenvalue weighted by molar-refractivity contribution is 4.69. The van der Waals surface area contributed by atoms with E-state index in [1.807, 2.05) is 0 Å². The minimum Gasteiger partial charge on any atom is -0.329 e. The third-order valence-electron chi connectivity index (χ3n) is 3.33. The lowest BCUT2D eigenvalue weighted by atomic mass is 9.91. The fraction of sp³-hybridized carbons (Fsp3) is 1.00. The van der Waals surface area contributed by atoms with Gasteiger partial charge in [0.2, 0.25) is 0 Å². The van der Waals surface area contributed by atoms with Crippen molar-refractivity contribution in [3.63, 3.8) is 0 Å². The Morgan fingerprint density at radius 1 is 1.14 bits per heavy atom. The summed E-state index contributed by atoms with van der Waals surface area (Å²) in [5, 5.41) is 3.53. The predicted molar refractivity (Wildman–Crippen MR) is 62.3 cm³/mol. The van der Waals surface area contributed by atoms with E-state index in [1.165, 1.54) is 51.5 Å². The van der Waals surface area contributed by atoms with Crippen molar-refractivity contribution in [1.29, 1.82) is 0 Å². The maximum Gasteiger partial charge on any atom is 0.0162 e. The minimum absolute atomic E-state index is 0.487. The van der Waals surface area contributed by atoms with Gasteiger partial charge in [0.05, 0.1) is 0 Å². The molecule has 0 radical (unpaired) electrons. The van der Waals surface area contributed by atoms with Crippen molar-refractivity contribution in [2.45, 2.75) is 57.9 Å². The number of nitrogens with one attached hydrogen (secondary N) is 1. The number of hydrogen-bond donors (Lipinski definition) is 2. The second-order valence-corrected chi connectivity index (χ2v) is 4.76. The van der Waals surface area contributed by atoms with E-state index in [1.54, 1.807) is 0 Å². The van der Waals surface area contributed by atoms with Crippen molar-refractivity contribution in [3.8, 4) is 0 Å². The summed E-state index contributed by atoms with van der Waals surface area (Å²) in [6.45, 7) is 4.11. The molecule has 1 atom stereocenters. The number of rotatable bonds is 4. The quantitative estimate of drug-likeness (QED) is 0.727. The van der Waals surface area contributed by atoms with E-state index in [4.69, 9.17) is 5.73 Å². The average molecular weight is 198 g/mol. The molecule has 1 saturated carbocycles. The molecule has 14 heavy (non-hydrogen) atoms. The zero-order valence-corrected chi connectivity index (χ0v) is 9.60. The second-order valence-electron chi connectivity index (χ2n) is 4.76. The first-order chi connectivity index (χ1) is 6.83. The van der Waals surface area contributed by atoms with E-state index in [0.29, 0.717) is 6.04 Å². The molecule has 0 saturated heterocycles. The number of nitrogens with two attached hydrogens (primary N) is 1. The van der Waals surface area contributed by atoms with E-state index in [-0.39, 0.29) is 0 Å². The molecule has 1 rings (SSSR count). The van der Waals surface area contributed by atoms with Gasteiger partial charge in [-0.1, -0.05) is 32.1 Å². The van der Waals surface area contributed by atoms with Crippen molar-refractivity contribution < 1.29 is 0 Å². The van der Waals surface area contributed by atoms with E-state index in [9.17, 15) is 0 Å². The van der Waals surface area contributed by atoms with Gasteiger partial charge in [-0.3, -0.25) is 0 Å². The van der Waals surface area contributed by atoms with Crippen molar-refractivity contribution in [3.05, 3.63) is 0 Å². The highest BCUT2D eigenvalue weighted by Crippen LogP contribution is 2.21. The fourth-order valence-corrected chi connectivity index (χ4v) is 2.20. The molecule has 3 N–H and O–H groups in total. The van der Waals surface area contributed by atoms with Crippen LogP contribution in [0.4, 0.5) is 0 Å². The van der Waals surface area contributed by atoms with Gasteiger partial charge in [0.15, 0.2) is 0 Å². The Balaban J connectivity index is 2.13. The molecule has 0 aromatic carbocycles. The van der Waals surface area contributed by atoms with Crippen LogP contribution in [0, 0.1) is 5.92 Å². The van der Waals surface area contributed by atoms with Gasteiger partial charge < -0.3 is 11.1 Å². The lowest BCUT2D eigenvalue weighted by Gasteiger charge is -2.22. The first-order valence-corrected chi connectivity index (χ1v) is 6.26. The molecule has 2 heteroatoms. The Bertz CT molecular complexity index is 128. The predicted octanol–water partition coefficient (Wildman–Crippen LogP) is 2.28. The van der Waals surface area contributed by atoms with Crippen LogP contribution in [0.3, 0.4) is 0 Å². The molecule has 84 valence electrons. The second kappa shape index (κ2) is 7.24. The molecule has 1 aliphatic rings. The van der Waals surface area contributed by atoms with Crippen molar-refractivity contribution >= 4 is 0 Å². The zero-order valence-electron chi connectivity index (χ0n) is 9.60. The summed E-state index contributed by atoms with van der Waals surface area (Å²) < 4.78 is 0. The van der Waals surface area contributed by atoms with Crippen LogP contribution < -0.4 is 11.1 Å². The molecule has 0 spiro atoms. The maximum atomic E-state index is 5.58. The Kier molecular flexibility index (Phi) is 6.20. The molecular weight excluding hydrogens is 172 g/mol. The van der Waals surface area contributed by atoms with Crippen molar-refractivity contribution in [2.24, 2.45) is 11.7 Å². The van der Waals surface area contributed by atoms with E-state index in [2.05, 4.69) is 12.2 Å². The van der Waals surface area contributed by atoms with Gasteiger partial charge in [-0.05, 0) is 32.2 Å². The Morgan fingerprint density at radius 3 is 2.29 bits per heavy atom. The first kappa shape index (κ1) is 12.0. The van der Waals surface area contributed by atoms with Gasteiger partial charge in [0.25, 0.3) is 0 Å². The topological polar surface area (TPSA) is 38.0 Å². The third kappa shape index (κ3) is 4.97. The molecule has 0 aromatic rings. The number of hydrogen-bond acceptors (Lipinski definition) is 2. The van der Waals surface area contributed by atoms with Crippen molar-refractivity contribution in [1.82, 2.24) is 5.32 Å². The molecule has 1 aliphatic carbocycles. The first-order valence-electron chi connectivity index (χ1n) is 6.26.